The number of benzene rings is 2. The summed E-state index contributed by atoms with van der Waals surface area (Å²) < 4.78 is 15.9. The Morgan fingerprint density at radius 1 is 1.13 bits per heavy atom. The van der Waals surface area contributed by atoms with Gasteiger partial charge in [0.2, 0.25) is 5.91 Å². The largest absolute Gasteiger partial charge is 0.497 e. The van der Waals surface area contributed by atoms with Crippen LogP contribution in [-0.2, 0) is 27.2 Å². The predicted octanol–water partition coefficient (Wildman–Crippen LogP) is 3.94. The van der Waals surface area contributed by atoms with Gasteiger partial charge in [0.25, 0.3) is 0 Å². The number of allylic oxidation sites excluding steroid dienone is 1. The molecular formula is C25H27NO5. The number of hydrogen-bond donors (Lipinski definition) is 1. The average Bonchev–Trinajstić information content (AvgIpc) is 3.22. The van der Waals surface area contributed by atoms with Gasteiger partial charge in [-0.3, -0.25) is 9.59 Å². The monoisotopic (exact) mass is 421 g/mol. The highest BCUT2D eigenvalue weighted by Crippen LogP contribution is 2.52. The molecule has 1 amide bonds. The summed E-state index contributed by atoms with van der Waals surface area (Å²) in [4.78, 5) is 25.0. The molecule has 1 saturated heterocycles. The third kappa shape index (κ3) is 4.29. The molecule has 6 heteroatoms. The van der Waals surface area contributed by atoms with Gasteiger partial charge in [0.15, 0.2) is 0 Å². The highest BCUT2D eigenvalue weighted by molar-refractivity contribution is 5.92. The minimum absolute atomic E-state index is 0.109. The van der Waals surface area contributed by atoms with Gasteiger partial charge in [-0.1, -0.05) is 24.3 Å². The number of hydrogen-bond acceptors (Lipinski definition) is 5. The van der Waals surface area contributed by atoms with Gasteiger partial charge in [-0.2, -0.15) is 0 Å². The van der Waals surface area contributed by atoms with E-state index in [1.165, 1.54) is 0 Å². The predicted molar refractivity (Wildman–Crippen MR) is 117 cm³/mol. The quantitative estimate of drug-likeness (QED) is 0.542. The third-order valence-electron chi connectivity index (χ3n) is 6.24. The molecule has 2 fully saturated rings. The maximum absolute atomic E-state index is 12.5. The fraction of sp³-hybridized carbons (Fsp3) is 0.360. The smallest absolute Gasteiger partial charge is 0.313 e. The zero-order chi connectivity index (χ0) is 22.0. The van der Waals surface area contributed by atoms with Crippen LogP contribution in [0.1, 0.15) is 24.0 Å². The number of amides is 1. The van der Waals surface area contributed by atoms with E-state index in [2.05, 4.69) is 11.9 Å². The van der Waals surface area contributed by atoms with Crippen molar-refractivity contribution in [3.8, 4) is 11.5 Å². The van der Waals surface area contributed by atoms with Gasteiger partial charge in [0.05, 0.1) is 32.7 Å². The van der Waals surface area contributed by atoms with Crippen molar-refractivity contribution in [2.75, 3.05) is 26.1 Å². The number of nitrogens with one attached hydrogen (secondary N) is 1. The zero-order valence-electron chi connectivity index (χ0n) is 17.9. The lowest BCUT2D eigenvalue weighted by Crippen LogP contribution is -2.31. The van der Waals surface area contributed by atoms with Crippen molar-refractivity contribution >= 4 is 17.6 Å². The molecule has 1 aliphatic heterocycles. The molecule has 1 N–H and O–H groups in total. The fourth-order valence-corrected chi connectivity index (χ4v) is 4.69. The Kier molecular flexibility index (Phi) is 5.72. The first-order valence-electron chi connectivity index (χ1n) is 10.4. The summed E-state index contributed by atoms with van der Waals surface area (Å²) in [6.45, 7) is 4.58. The van der Waals surface area contributed by atoms with Crippen LogP contribution in [0.5, 0.6) is 11.5 Å². The second-order valence-electron chi connectivity index (χ2n) is 8.40. The number of rotatable bonds is 7. The molecule has 0 bridgehead atoms. The highest BCUT2D eigenvalue weighted by Gasteiger charge is 2.55. The Morgan fingerprint density at radius 3 is 2.45 bits per heavy atom. The summed E-state index contributed by atoms with van der Waals surface area (Å²) in [5.74, 6) is 1.26. The van der Waals surface area contributed by atoms with Crippen molar-refractivity contribution in [1.82, 2.24) is 0 Å². The van der Waals surface area contributed by atoms with Crippen LogP contribution in [0.3, 0.4) is 0 Å². The normalized spacial score (nSPS) is 22.1. The van der Waals surface area contributed by atoms with E-state index in [0.717, 1.165) is 23.1 Å². The number of cyclic esters (lactones) is 1. The average molecular weight is 421 g/mol. The molecule has 2 aliphatic rings. The van der Waals surface area contributed by atoms with Gasteiger partial charge in [-0.05, 0) is 54.7 Å². The van der Waals surface area contributed by atoms with Crippen LogP contribution < -0.4 is 14.8 Å². The Morgan fingerprint density at radius 2 is 1.81 bits per heavy atom. The van der Waals surface area contributed by atoms with Crippen molar-refractivity contribution in [1.29, 1.82) is 0 Å². The van der Waals surface area contributed by atoms with Crippen LogP contribution >= 0.6 is 0 Å². The van der Waals surface area contributed by atoms with Gasteiger partial charge < -0.3 is 19.5 Å². The lowest BCUT2D eigenvalue weighted by Gasteiger charge is -2.24. The molecule has 2 unspecified atom stereocenters. The number of fused-ring (bicyclic) bond motifs is 1. The Hall–Kier alpha value is -3.28. The number of methoxy groups -OCH3 is 2. The van der Waals surface area contributed by atoms with Gasteiger partial charge in [0.1, 0.15) is 11.5 Å². The summed E-state index contributed by atoms with van der Waals surface area (Å²) in [5, 5.41) is 2.92. The number of carbonyl (C=O) groups excluding carboxylic acids is 2. The van der Waals surface area contributed by atoms with Crippen LogP contribution in [0.4, 0.5) is 5.69 Å². The Bertz CT molecular complexity index is 991. The Labute approximate surface area is 182 Å². The van der Waals surface area contributed by atoms with E-state index in [4.69, 9.17) is 14.2 Å². The summed E-state index contributed by atoms with van der Waals surface area (Å²) >= 11 is 0. The molecule has 0 aromatic heterocycles. The topological polar surface area (TPSA) is 73.9 Å². The molecule has 2 aromatic carbocycles. The molecule has 31 heavy (non-hydrogen) atoms. The maximum Gasteiger partial charge on any atom is 0.313 e. The number of carbonyl (C=O) groups is 2. The van der Waals surface area contributed by atoms with Crippen molar-refractivity contribution in [3.63, 3.8) is 0 Å². The van der Waals surface area contributed by atoms with E-state index >= 15 is 0 Å². The van der Waals surface area contributed by atoms with E-state index in [1.54, 1.807) is 20.3 Å². The van der Waals surface area contributed by atoms with E-state index in [1.807, 2.05) is 36.4 Å². The van der Waals surface area contributed by atoms with Crippen LogP contribution in [0, 0.1) is 11.3 Å². The van der Waals surface area contributed by atoms with E-state index < -0.39 is 5.41 Å². The SMILES string of the molecule is C=C1CC2COC(=O)C2(Cc2ccc(NC(=O)Cc3cc(OC)cc(OC)c3)cc2)C1. The minimum Gasteiger partial charge on any atom is -0.497 e. The van der Waals surface area contributed by atoms with Crippen LogP contribution in [0.25, 0.3) is 0 Å². The van der Waals surface area contributed by atoms with E-state index in [0.29, 0.717) is 36.6 Å². The molecule has 2 atom stereocenters. The molecule has 0 spiro atoms. The van der Waals surface area contributed by atoms with Gasteiger partial charge in [-0.25, -0.2) is 0 Å². The van der Waals surface area contributed by atoms with Crippen LogP contribution in [-0.4, -0.2) is 32.7 Å². The molecule has 1 saturated carbocycles. The third-order valence-corrected chi connectivity index (χ3v) is 6.24. The fourth-order valence-electron chi connectivity index (χ4n) is 4.69. The van der Waals surface area contributed by atoms with Crippen molar-refractivity contribution in [2.24, 2.45) is 11.3 Å². The minimum atomic E-state index is -0.479. The second kappa shape index (κ2) is 8.46. The summed E-state index contributed by atoms with van der Waals surface area (Å²) in [5.41, 5.74) is 3.21. The maximum atomic E-state index is 12.5. The molecule has 162 valence electrons. The van der Waals surface area contributed by atoms with E-state index in [-0.39, 0.29) is 24.2 Å². The number of ether oxygens (including phenoxy) is 3. The van der Waals surface area contributed by atoms with Gasteiger partial charge in [0, 0.05) is 17.7 Å². The lowest BCUT2D eigenvalue weighted by atomic mass is 9.75. The molecule has 1 aliphatic carbocycles. The highest BCUT2D eigenvalue weighted by atomic mass is 16.5. The number of esters is 1. The molecule has 1 heterocycles. The molecule has 6 nitrogen and oxygen atoms in total. The van der Waals surface area contributed by atoms with Crippen molar-refractivity contribution < 1.29 is 23.8 Å². The van der Waals surface area contributed by atoms with Gasteiger partial charge in [-0.15, -0.1) is 0 Å². The van der Waals surface area contributed by atoms with Crippen LogP contribution in [0.2, 0.25) is 0 Å². The summed E-state index contributed by atoms with van der Waals surface area (Å²) in [7, 11) is 3.16. The standard InChI is InChI=1S/C25H27NO5/c1-16-8-19-15-31-24(28)25(19,13-16)14-17-4-6-20(7-5-17)26-23(27)11-18-9-21(29-2)12-22(10-18)30-3/h4-7,9-10,12,19H,1,8,11,13-15H2,2-3H3,(H,26,27). The first-order valence-corrected chi connectivity index (χ1v) is 10.4. The molecular weight excluding hydrogens is 394 g/mol. The zero-order valence-corrected chi connectivity index (χ0v) is 17.9. The Balaban J connectivity index is 1.40. The summed E-state index contributed by atoms with van der Waals surface area (Å²) in [6.07, 6.45) is 2.38. The lowest BCUT2D eigenvalue weighted by molar-refractivity contribution is -0.146. The van der Waals surface area contributed by atoms with Gasteiger partial charge >= 0.3 is 5.97 Å². The summed E-state index contributed by atoms with van der Waals surface area (Å²) in [6, 6.07) is 13.1. The van der Waals surface area contributed by atoms with Crippen LogP contribution in [0.15, 0.2) is 54.6 Å². The molecule has 4 rings (SSSR count). The first-order chi connectivity index (χ1) is 14.9. The first kappa shape index (κ1) is 21.0. The second-order valence-corrected chi connectivity index (χ2v) is 8.40. The van der Waals surface area contributed by atoms with Crippen molar-refractivity contribution in [3.05, 3.63) is 65.7 Å². The number of anilines is 1. The molecule has 2 aromatic rings. The molecule has 0 radical (unpaired) electrons. The van der Waals surface area contributed by atoms with E-state index in [9.17, 15) is 9.59 Å². The van der Waals surface area contributed by atoms with Crippen molar-refractivity contribution in [2.45, 2.75) is 25.7 Å².